The zero-order chi connectivity index (χ0) is 20.2. The molecule has 154 valence electrons. The summed E-state index contributed by atoms with van der Waals surface area (Å²) in [7, 11) is 0. The van der Waals surface area contributed by atoms with Gasteiger partial charge in [-0.3, -0.25) is 9.59 Å². The molecule has 2 atom stereocenters. The van der Waals surface area contributed by atoms with Gasteiger partial charge < -0.3 is 10.4 Å². The Balaban J connectivity index is 1.48. The van der Waals surface area contributed by atoms with E-state index in [9.17, 15) is 14.7 Å². The van der Waals surface area contributed by atoms with E-state index in [1.807, 2.05) is 6.92 Å². The highest BCUT2D eigenvalue weighted by molar-refractivity contribution is 7.18. The second-order valence-corrected chi connectivity index (χ2v) is 11.0. The standard InChI is InChI=1S/C22H26N2O3S2/c1-12-11-28-19(23-12)17-15-6-7-22(8-9-22)10-16(15)29-20(17)24-18(25)13-4-2-3-5-14(13)21(26)27/h11,13-14H,2-10H2,1H3,(H,24,25)(H,26,27)/t13-,14-/m1/s1. The number of hydrogen-bond donors (Lipinski definition) is 2. The van der Waals surface area contributed by atoms with Crippen molar-refractivity contribution in [1.29, 1.82) is 0 Å². The number of thiazole rings is 1. The quantitative estimate of drug-likeness (QED) is 0.692. The molecule has 0 aromatic carbocycles. The van der Waals surface area contributed by atoms with Crippen molar-refractivity contribution in [3.8, 4) is 10.6 Å². The fraction of sp³-hybridized carbons (Fsp3) is 0.591. The van der Waals surface area contributed by atoms with E-state index < -0.39 is 17.8 Å². The third kappa shape index (κ3) is 3.52. The Morgan fingerprint density at radius 3 is 2.62 bits per heavy atom. The number of nitrogens with zero attached hydrogens (tertiary/aromatic N) is 1. The normalized spacial score (nSPS) is 24.9. The summed E-state index contributed by atoms with van der Waals surface area (Å²) in [6.07, 6.45) is 9.09. The van der Waals surface area contributed by atoms with Crippen molar-refractivity contribution < 1.29 is 14.7 Å². The Hall–Kier alpha value is -1.73. The Kier molecular flexibility index (Phi) is 4.78. The number of aromatic nitrogens is 1. The third-order valence-corrected chi connectivity index (χ3v) is 9.10. The first-order valence-corrected chi connectivity index (χ1v) is 12.3. The molecule has 1 spiro atoms. The summed E-state index contributed by atoms with van der Waals surface area (Å²) in [6, 6.07) is 0. The predicted molar refractivity (Wildman–Crippen MR) is 116 cm³/mol. The summed E-state index contributed by atoms with van der Waals surface area (Å²) in [4.78, 5) is 30.9. The molecule has 2 saturated carbocycles. The predicted octanol–water partition coefficient (Wildman–Crippen LogP) is 5.28. The molecule has 0 saturated heterocycles. The number of amides is 1. The molecule has 0 bridgehead atoms. The summed E-state index contributed by atoms with van der Waals surface area (Å²) in [6.45, 7) is 2.00. The first kappa shape index (κ1) is 19.2. The van der Waals surface area contributed by atoms with Crippen LogP contribution in [0.4, 0.5) is 5.00 Å². The second-order valence-electron chi connectivity index (χ2n) is 9.00. The van der Waals surface area contributed by atoms with Gasteiger partial charge in [-0.15, -0.1) is 22.7 Å². The number of carboxylic acids is 1. The fourth-order valence-electron chi connectivity index (χ4n) is 5.07. The number of thiophene rings is 1. The number of aliphatic carboxylic acids is 1. The van der Waals surface area contributed by atoms with Gasteiger partial charge in [-0.25, -0.2) is 4.98 Å². The van der Waals surface area contributed by atoms with Crippen molar-refractivity contribution in [1.82, 2.24) is 4.98 Å². The number of carboxylic acid groups (broad SMARTS) is 1. The minimum absolute atomic E-state index is 0.133. The summed E-state index contributed by atoms with van der Waals surface area (Å²) < 4.78 is 0. The molecular weight excluding hydrogens is 404 g/mol. The van der Waals surface area contributed by atoms with Crippen LogP contribution in [0.25, 0.3) is 10.6 Å². The number of carbonyl (C=O) groups excluding carboxylic acids is 1. The number of nitrogens with one attached hydrogen (secondary N) is 1. The maximum atomic E-state index is 13.1. The van der Waals surface area contributed by atoms with Crippen molar-refractivity contribution in [3.05, 3.63) is 21.5 Å². The van der Waals surface area contributed by atoms with Gasteiger partial charge in [-0.1, -0.05) is 12.8 Å². The van der Waals surface area contributed by atoms with Crippen LogP contribution < -0.4 is 5.32 Å². The van der Waals surface area contributed by atoms with Crippen LogP contribution in [0.15, 0.2) is 5.38 Å². The number of aryl methyl sites for hydroxylation is 1. The topological polar surface area (TPSA) is 79.3 Å². The van der Waals surface area contributed by atoms with Gasteiger partial charge in [-0.05, 0) is 62.8 Å². The minimum Gasteiger partial charge on any atom is -0.481 e. The molecule has 0 aliphatic heterocycles. The van der Waals surface area contributed by atoms with Crippen LogP contribution in [-0.4, -0.2) is 22.0 Å². The SMILES string of the molecule is Cc1csc(-c2c(NC(=O)[C@@H]3CCCC[C@H]3C(=O)O)sc3c2CCC2(CC2)C3)n1. The van der Waals surface area contributed by atoms with Crippen LogP contribution in [0, 0.1) is 24.2 Å². The molecule has 2 N–H and O–H groups in total. The fourth-order valence-corrected chi connectivity index (χ4v) is 7.44. The summed E-state index contributed by atoms with van der Waals surface area (Å²) in [5, 5.41) is 16.6. The number of fused-ring (bicyclic) bond motifs is 1. The van der Waals surface area contributed by atoms with E-state index in [2.05, 4.69) is 10.7 Å². The third-order valence-electron chi connectivity index (χ3n) is 6.98. The maximum absolute atomic E-state index is 13.1. The minimum atomic E-state index is -0.846. The number of hydrogen-bond acceptors (Lipinski definition) is 5. The molecule has 2 aromatic rings. The lowest BCUT2D eigenvalue weighted by molar-refractivity contribution is -0.147. The van der Waals surface area contributed by atoms with Gasteiger partial charge in [0, 0.05) is 21.5 Å². The molecule has 2 fully saturated rings. The van der Waals surface area contributed by atoms with Gasteiger partial charge in [0.15, 0.2) is 0 Å². The highest BCUT2D eigenvalue weighted by Gasteiger charge is 2.46. The van der Waals surface area contributed by atoms with E-state index in [4.69, 9.17) is 4.98 Å². The zero-order valence-corrected chi connectivity index (χ0v) is 18.3. The molecule has 3 aliphatic carbocycles. The lowest BCUT2D eigenvalue weighted by Gasteiger charge is -2.27. The average molecular weight is 431 g/mol. The van der Waals surface area contributed by atoms with E-state index in [1.54, 1.807) is 22.7 Å². The first-order chi connectivity index (χ1) is 14.0. The zero-order valence-electron chi connectivity index (χ0n) is 16.6. The molecule has 3 aliphatic rings. The van der Waals surface area contributed by atoms with E-state index in [-0.39, 0.29) is 5.91 Å². The summed E-state index contributed by atoms with van der Waals surface area (Å²) >= 11 is 3.33. The van der Waals surface area contributed by atoms with Crippen LogP contribution >= 0.6 is 22.7 Å². The van der Waals surface area contributed by atoms with Crippen molar-refractivity contribution in [2.24, 2.45) is 17.3 Å². The molecule has 5 nitrogen and oxygen atoms in total. The molecule has 2 aromatic heterocycles. The molecule has 1 amide bonds. The number of anilines is 1. The van der Waals surface area contributed by atoms with Crippen molar-refractivity contribution in [3.63, 3.8) is 0 Å². The van der Waals surface area contributed by atoms with Gasteiger partial charge in [0.05, 0.1) is 11.8 Å². The van der Waals surface area contributed by atoms with E-state index >= 15 is 0 Å². The molecule has 7 heteroatoms. The van der Waals surface area contributed by atoms with Gasteiger partial charge in [0.1, 0.15) is 10.0 Å². The summed E-state index contributed by atoms with van der Waals surface area (Å²) in [5.41, 5.74) is 3.95. The lowest BCUT2D eigenvalue weighted by atomic mass is 9.78. The van der Waals surface area contributed by atoms with E-state index in [0.717, 1.165) is 46.9 Å². The summed E-state index contributed by atoms with van der Waals surface area (Å²) in [5.74, 6) is -1.99. The lowest BCUT2D eigenvalue weighted by Crippen LogP contribution is -2.35. The molecule has 0 unspecified atom stereocenters. The van der Waals surface area contributed by atoms with Gasteiger partial charge in [0.25, 0.3) is 0 Å². The van der Waals surface area contributed by atoms with E-state index in [1.165, 1.54) is 29.7 Å². The smallest absolute Gasteiger partial charge is 0.307 e. The number of carbonyl (C=O) groups is 2. The van der Waals surface area contributed by atoms with Crippen molar-refractivity contribution in [2.45, 2.75) is 64.7 Å². The number of rotatable bonds is 4. The Labute approximate surface area is 178 Å². The largest absolute Gasteiger partial charge is 0.481 e. The van der Waals surface area contributed by atoms with Crippen LogP contribution in [-0.2, 0) is 22.4 Å². The average Bonchev–Trinajstić information content (AvgIpc) is 3.15. The van der Waals surface area contributed by atoms with E-state index in [0.29, 0.717) is 18.3 Å². The molecule has 5 rings (SSSR count). The second kappa shape index (κ2) is 7.20. The monoisotopic (exact) mass is 430 g/mol. The Morgan fingerprint density at radius 2 is 1.97 bits per heavy atom. The van der Waals surface area contributed by atoms with Crippen LogP contribution in [0.5, 0.6) is 0 Å². The highest BCUT2D eigenvalue weighted by Crippen LogP contribution is 2.58. The van der Waals surface area contributed by atoms with Crippen LogP contribution in [0.2, 0.25) is 0 Å². The van der Waals surface area contributed by atoms with Crippen LogP contribution in [0.1, 0.15) is 61.1 Å². The molecular formula is C22H26N2O3S2. The Morgan fingerprint density at radius 1 is 1.21 bits per heavy atom. The molecule has 0 radical (unpaired) electrons. The first-order valence-electron chi connectivity index (χ1n) is 10.6. The van der Waals surface area contributed by atoms with Gasteiger partial charge >= 0.3 is 5.97 Å². The Bertz CT molecular complexity index is 973. The van der Waals surface area contributed by atoms with Crippen molar-refractivity contribution in [2.75, 3.05) is 5.32 Å². The molecule has 2 heterocycles. The highest BCUT2D eigenvalue weighted by atomic mass is 32.1. The van der Waals surface area contributed by atoms with Crippen molar-refractivity contribution >= 4 is 39.6 Å². The van der Waals surface area contributed by atoms with Gasteiger partial charge in [-0.2, -0.15) is 0 Å². The van der Waals surface area contributed by atoms with Crippen LogP contribution in [0.3, 0.4) is 0 Å². The molecule has 29 heavy (non-hydrogen) atoms. The van der Waals surface area contributed by atoms with Gasteiger partial charge in [0.2, 0.25) is 5.91 Å². The maximum Gasteiger partial charge on any atom is 0.307 e.